The highest BCUT2D eigenvalue weighted by atomic mass is 32.2. The van der Waals surface area contributed by atoms with Crippen molar-refractivity contribution in [2.75, 3.05) is 7.11 Å². The number of aryl methyl sites for hydroxylation is 1. The van der Waals surface area contributed by atoms with Gasteiger partial charge in [-0.05, 0) is 42.3 Å². The number of carbonyl (C=O) groups is 1. The number of carbonyl (C=O) groups excluding carboxylic acids is 1. The molecule has 0 aliphatic carbocycles. The van der Waals surface area contributed by atoms with E-state index in [4.69, 9.17) is 4.74 Å². The van der Waals surface area contributed by atoms with E-state index in [1.54, 1.807) is 61.7 Å². The topological polar surface area (TPSA) is 65.4 Å². The number of rotatable bonds is 6. The van der Waals surface area contributed by atoms with E-state index in [1.165, 1.54) is 12.1 Å². The van der Waals surface area contributed by atoms with Crippen molar-refractivity contribution >= 4 is 26.7 Å². The SMILES string of the molecule is CCc1ccc(C(=O)c2cc3ccccc3n2S(=O)(=O)c2ccccc2)cc1OC. The Labute approximate surface area is 175 Å². The Balaban J connectivity index is 1.95. The summed E-state index contributed by atoms with van der Waals surface area (Å²) in [7, 11) is -2.41. The quantitative estimate of drug-likeness (QED) is 0.426. The van der Waals surface area contributed by atoms with Crippen LogP contribution in [0.25, 0.3) is 10.9 Å². The van der Waals surface area contributed by atoms with E-state index in [0.717, 1.165) is 16.0 Å². The normalized spacial score (nSPS) is 11.5. The van der Waals surface area contributed by atoms with Gasteiger partial charge in [0.1, 0.15) is 11.4 Å². The molecular weight excluding hydrogens is 398 g/mol. The van der Waals surface area contributed by atoms with Crippen LogP contribution in [-0.2, 0) is 16.4 Å². The fourth-order valence-corrected chi connectivity index (χ4v) is 5.10. The molecule has 1 aromatic heterocycles. The largest absolute Gasteiger partial charge is 0.496 e. The predicted octanol–water partition coefficient (Wildman–Crippen LogP) is 4.68. The Kier molecular flexibility index (Phi) is 5.18. The molecule has 0 saturated heterocycles. The third kappa shape index (κ3) is 3.29. The minimum absolute atomic E-state index is 0.0892. The van der Waals surface area contributed by atoms with E-state index >= 15 is 0 Å². The van der Waals surface area contributed by atoms with E-state index in [9.17, 15) is 13.2 Å². The van der Waals surface area contributed by atoms with Gasteiger partial charge in [-0.15, -0.1) is 0 Å². The molecule has 0 aliphatic heterocycles. The molecule has 0 radical (unpaired) electrons. The van der Waals surface area contributed by atoms with Gasteiger partial charge < -0.3 is 4.74 Å². The van der Waals surface area contributed by atoms with Crippen LogP contribution in [0, 0.1) is 0 Å². The molecule has 152 valence electrons. The van der Waals surface area contributed by atoms with Gasteiger partial charge >= 0.3 is 0 Å². The van der Waals surface area contributed by atoms with Crippen molar-refractivity contribution in [3.05, 3.63) is 95.7 Å². The zero-order valence-corrected chi connectivity index (χ0v) is 17.5. The van der Waals surface area contributed by atoms with Crippen LogP contribution < -0.4 is 4.74 Å². The van der Waals surface area contributed by atoms with E-state index in [2.05, 4.69) is 0 Å². The van der Waals surface area contributed by atoms with Crippen molar-refractivity contribution in [3.63, 3.8) is 0 Å². The molecule has 4 aromatic rings. The molecule has 0 spiro atoms. The zero-order valence-electron chi connectivity index (χ0n) is 16.7. The maximum Gasteiger partial charge on any atom is 0.268 e. The monoisotopic (exact) mass is 419 g/mol. The summed E-state index contributed by atoms with van der Waals surface area (Å²) in [6.45, 7) is 2.00. The molecule has 0 fully saturated rings. The number of hydrogen-bond acceptors (Lipinski definition) is 4. The Morgan fingerprint density at radius 1 is 0.933 bits per heavy atom. The number of aromatic nitrogens is 1. The third-order valence-corrected chi connectivity index (χ3v) is 6.85. The van der Waals surface area contributed by atoms with E-state index < -0.39 is 10.0 Å². The van der Waals surface area contributed by atoms with E-state index in [1.807, 2.05) is 19.1 Å². The second-order valence-corrected chi connectivity index (χ2v) is 8.67. The summed E-state index contributed by atoms with van der Waals surface area (Å²) >= 11 is 0. The molecular formula is C24H21NO4S. The lowest BCUT2D eigenvalue weighted by Crippen LogP contribution is -2.19. The number of methoxy groups -OCH3 is 1. The van der Waals surface area contributed by atoms with Crippen molar-refractivity contribution in [2.45, 2.75) is 18.2 Å². The molecule has 0 saturated carbocycles. The van der Waals surface area contributed by atoms with Crippen molar-refractivity contribution in [1.82, 2.24) is 3.97 Å². The molecule has 4 rings (SSSR count). The van der Waals surface area contributed by atoms with E-state index in [0.29, 0.717) is 22.2 Å². The van der Waals surface area contributed by atoms with E-state index in [-0.39, 0.29) is 16.4 Å². The minimum Gasteiger partial charge on any atom is -0.496 e. The average Bonchev–Trinajstić information content (AvgIpc) is 3.19. The van der Waals surface area contributed by atoms with Crippen LogP contribution >= 0.6 is 0 Å². The van der Waals surface area contributed by atoms with Crippen LogP contribution in [0.2, 0.25) is 0 Å². The van der Waals surface area contributed by atoms with Crippen molar-refractivity contribution in [2.24, 2.45) is 0 Å². The molecule has 0 N–H and O–H groups in total. The first-order valence-electron chi connectivity index (χ1n) is 9.60. The summed E-state index contributed by atoms with van der Waals surface area (Å²) in [5, 5.41) is 0.678. The standard InChI is InChI=1S/C24H21NO4S/c1-3-17-13-14-19(16-23(17)29-2)24(26)22-15-18-9-7-8-12-21(18)25(22)30(27,28)20-10-5-4-6-11-20/h4-16H,3H2,1-2H3. The van der Waals surface area contributed by atoms with Gasteiger partial charge in [-0.3, -0.25) is 4.79 Å². The molecule has 0 amide bonds. The lowest BCUT2D eigenvalue weighted by Gasteiger charge is -2.13. The number of ketones is 1. The Morgan fingerprint density at radius 3 is 2.33 bits per heavy atom. The summed E-state index contributed by atoms with van der Waals surface area (Å²) in [4.78, 5) is 13.6. The number of para-hydroxylation sites is 1. The molecule has 5 nitrogen and oxygen atoms in total. The van der Waals surface area contributed by atoms with Crippen LogP contribution in [0.3, 0.4) is 0 Å². The lowest BCUT2D eigenvalue weighted by molar-refractivity contribution is 0.103. The van der Waals surface area contributed by atoms with Gasteiger partial charge in [-0.25, -0.2) is 12.4 Å². The summed E-state index contributed by atoms with van der Waals surface area (Å²) in [5.74, 6) is 0.226. The Morgan fingerprint density at radius 2 is 1.63 bits per heavy atom. The summed E-state index contributed by atoms with van der Waals surface area (Å²) in [6, 6.07) is 22.0. The van der Waals surface area contributed by atoms with Gasteiger partial charge in [0.05, 0.1) is 17.5 Å². The first-order chi connectivity index (χ1) is 14.5. The summed E-state index contributed by atoms with van der Waals surface area (Å²) in [5.41, 5.74) is 1.90. The van der Waals surface area contributed by atoms with Crippen LogP contribution in [0.15, 0.2) is 83.8 Å². The maximum atomic E-state index is 13.5. The average molecular weight is 420 g/mol. The molecule has 1 heterocycles. The van der Waals surface area contributed by atoms with Gasteiger partial charge in [0, 0.05) is 10.9 Å². The fourth-order valence-electron chi connectivity index (χ4n) is 3.57. The second-order valence-electron chi connectivity index (χ2n) is 6.88. The summed E-state index contributed by atoms with van der Waals surface area (Å²) in [6.07, 6.45) is 0.764. The van der Waals surface area contributed by atoms with Gasteiger partial charge in [0.2, 0.25) is 5.78 Å². The Bertz CT molecular complexity index is 1340. The highest BCUT2D eigenvalue weighted by Gasteiger charge is 2.27. The zero-order chi connectivity index (χ0) is 21.3. The molecule has 0 unspecified atom stereocenters. The van der Waals surface area contributed by atoms with Crippen LogP contribution in [0.5, 0.6) is 5.75 Å². The first-order valence-corrected chi connectivity index (χ1v) is 11.0. The van der Waals surface area contributed by atoms with Crippen LogP contribution in [-0.4, -0.2) is 25.3 Å². The van der Waals surface area contributed by atoms with Gasteiger partial charge in [-0.1, -0.05) is 55.5 Å². The minimum atomic E-state index is -3.97. The number of fused-ring (bicyclic) bond motifs is 1. The molecule has 30 heavy (non-hydrogen) atoms. The smallest absolute Gasteiger partial charge is 0.268 e. The van der Waals surface area contributed by atoms with Crippen LogP contribution in [0.1, 0.15) is 28.5 Å². The predicted molar refractivity (Wildman–Crippen MR) is 117 cm³/mol. The molecule has 3 aromatic carbocycles. The number of ether oxygens (including phenoxy) is 1. The highest BCUT2D eigenvalue weighted by Crippen LogP contribution is 2.29. The van der Waals surface area contributed by atoms with Crippen molar-refractivity contribution < 1.29 is 17.9 Å². The molecule has 0 atom stereocenters. The number of benzene rings is 3. The van der Waals surface area contributed by atoms with Gasteiger partial charge in [-0.2, -0.15) is 0 Å². The third-order valence-electron chi connectivity index (χ3n) is 5.11. The molecule has 6 heteroatoms. The molecule has 0 bridgehead atoms. The Hall–Kier alpha value is -3.38. The van der Waals surface area contributed by atoms with Gasteiger partial charge in [0.15, 0.2) is 0 Å². The second kappa shape index (κ2) is 7.80. The number of nitrogens with zero attached hydrogens (tertiary/aromatic N) is 1. The number of hydrogen-bond donors (Lipinski definition) is 0. The van der Waals surface area contributed by atoms with Gasteiger partial charge in [0.25, 0.3) is 10.0 Å². The van der Waals surface area contributed by atoms with Crippen molar-refractivity contribution in [3.8, 4) is 5.75 Å². The van der Waals surface area contributed by atoms with Crippen LogP contribution in [0.4, 0.5) is 0 Å². The fraction of sp³-hybridized carbons (Fsp3) is 0.125. The molecule has 0 aliphatic rings. The maximum absolute atomic E-state index is 13.5. The highest BCUT2D eigenvalue weighted by molar-refractivity contribution is 7.90. The van der Waals surface area contributed by atoms with Crippen molar-refractivity contribution in [1.29, 1.82) is 0 Å². The summed E-state index contributed by atoms with van der Waals surface area (Å²) < 4.78 is 33.5. The first kappa shape index (κ1) is 19.9. The lowest BCUT2D eigenvalue weighted by atomic mass is 10.0.